The lowest BCUT2D eigenvalue weighted by Crippen LogP contribution is -2.00. The quantitative estimate of drug-likeness (QED) is 0.114. The van der Waals surface area contributed by atoms with Crippen LogP contribution >= 0.6 is 0 Å². The summed E-state index contributed by atoms with van der Waals surface area (Å²) in [7, 11) is 0. The van der Waals surface area contributed by atoms with E-state index in [0.717, 1.165) is 165 Å². The first-order valence-electron chi connectivity index (χ1n) is 39.5. The van der Waals surface area contributed by atoms with Gasteiger partial charge in [-0.15, -0.1) is 0 Å². The van der Waals surface area contributed by atoms with Gasteiger partial charge in [-0.3, -0.25) is 0 Å². The van der Waals surface area contributed by atoms with Crippen LogP contribution in [-0.2, 0) is 0 Å². The molecule has 0 spiro atoms. The first-order chi connectivity index (χ1) is 58.9. The molecule has 0 fully saturated rings. The molecule has 119 heavy (non-hydrogen) atoms. The Bertz CT molecular complexity index is 7600. The van der Waals surface area contributed by atoms with Crippen LogP contribution in [-0.4, -0.2) is 44.9 Å². The predicted molar refractivity (Wildman–Crippen MR) is 482 cm³/mol. The summed E-state index contributed by atoms with van der Waals surface area (Å²) in [5, 5.41) is 11.3. The van der Waals surface area contributed by atoms with Gasteiger partial charge in [-0.1, -0.05) is 352 Å². The molecule has 0 saturated carbocycles. The molecule has 12 heteroatoms. The largest absolute Gasteiger partial charge is 0.456 e. The second-order valence-electron chi connectivity index (χ2n) is 29.1. The van der Waals surface area contributed by atoms with Crippen LogP contribution < -0.4 is 0 Å². The molecule has 0 aliphatic heterocycles. The van der Waals surface area contributed by atoms with Gasteiger partial charge in [0.15, 0.2) is 52.4 Å². The van der Waals surface area contributed by atoms with Crippen LogP contribution in [0.15, 0.2) is 420 Å². The van der Waals surface area contributed by atoms with Crippen LogP contribution in [0.1, 0.15) is 0 Å². The van der Waals surface area contributed by atoms with E-state index >= 15 is 0 Å². The molecule has 23 rings (SSSR count). The Balaban J connectivity index is 0.000000111. The van der Waals surface area contributed by atoms with Crippen LogP contribution in [0.25, 0.3) is 223 Å². The fraction of sp³-hybridized carbons (Fsp3) is 0. The third-order valence-electron chi connectivity index (χ3n) is 21.6. The van der Waals surface area contributed by atoms with Crippen molar-refractivity contribution < 1.29 is 13.3 Å². The average Bonchev–Trinajstić information content (AvgIpc) is 1.71. The van der Waals surface area contributed by atoms with Crippen molar-refractivity contribution in [2.75, 3.05) is 0 Å². The van der Waals surface area contributed by atoms with Crippen LogP contribution in [0.2, 0.25) is 0 Å². The molecule has 6 aromatic heterocycles. The molecule has 0 N–H and O–H groups in total. The van der Waals surface area contributed by atoms with Crippen molar-refractivity contribution in [3.05, 3.63) is 406 Å². The molecule has 0 amide bonds. The zero-order chi connectivity index (χ0) is 79.0. The van der Waals surface area contributed by atoms with Crippen molar-refractivity contribution in [1.29, 1.82) is 0 Å². The smallest absolute Gasteiger partial charge is 0.164 e. The van der Waals surface area contributed by atoms with E-state index in [9.17, 15) is 0 Å². The highest BCUT2D eigenvalue weighted by atomic mass is 16.3. The number of furan rings is 3. The third kappa shape index (κ3) is 14.0. The van der Waals surface area contributed by atoms with Gasteiger partial charge in [-0.05, 0) is 104 Å². The number of hydrogen-bond donors (Lipinski definition) is 0. The highest BCUT2D eigenvalue weighted by Crippen LogP contribution is 2.42. The zero-order valence-corrected chi connectivity index (χ0v) is 63.9. The highest BCUT2D eigenvalue weighted by Gasteiger charge is 2.21. The van der Waals surface area contributed by atoms with Gasteiger partial charge in [-0.2, -0.15) is 0 Å². The van der Waals surface area contributed by atoms with Crippen LogP contribution in [0.5, 0.6) is 0 Å². The lowest BCUT2D eigenvalue weighted by molar-refractivity contribution is 0.668. The van der Waals surface area contributed by atoms with Gasteiger partial charge in [0.05, 0.1) is 0 Å². The summed E-state index contributed by atoms with van der Waals surface area (Å²) in [4.78, 5) is 44.0. The molecular formula is C107H67N9O3. The molecule has 0 aliphatic rings. The molecule has 0 saturated heterocycles. The van der Waals surface area contributed by atoms with Crippen molar-refractivity contribution >= 4 is 87.4 Å². The summed E-state index contributed by atoms with van der Waals surface area (Å²) < 4.78 is 18.3. The van der Waals surface area contributed by atoms with Crippen molar-refractivity contribution in [3.63, 3.8) is 0 Å². The number of hydrogen-bond acceptors (Lipinski definition) is 12. The second-order valence-corrected chi connectivity index (χ2v) is 29.1. The molecule has 0 unspecified atom stereocenters. The van der Waals surface area contributed by atoms with Crippen molar-refractivity contribution in [2.45, 2.75) is 0 Å². The Labute approximate surface area is 683 Å². The van der Waals surface area contributed by atoms with Crippen LogP contribution in [0.3, 0.4) is 0 Å². The number of aromatic nitrogens is 9. The van der Waals surface area contributed by atoms with E-state index in [4.69, 9.17) is 58.1 Å². The van der Waals surface area contributed by atoms with Gasteiger partial charge in [0.25, 0.3) is 0 Å². The summed E-state index contributed by atoms with van der Waals surface area (Å²) in [6, 6.07) is 138. The van der Waals surface area contributed by atoms with Gasteiger partial charge in [0.2, 0.25) is 0 Å². The predicted octanol–water partition coefficient (Wildman–Crippen LogP) is 27.6. The third-order valence-corrected chi connectivity index (χ3v) is 21.6. The monoisotopic (exact) mass is 1530 g/mol. The summed E-state index contributed by atoms with van der Waals surface area (Å²) in [5.41, 5.74) is 20.6. The van der Waals surface area contributed by atoms with E-state index in [1.807, 2.05) is 206 Å². The van der Waals surface area contributed by atoms with Gasteiger partial charge in [-0.25, -0.2) is 44.9 Å². The molecule has 17 aromatic carbocycles. The fourth-order valence-corrected chi connectivity index (χ4v) is 15.7. The van der Waals surface area contributed by atoms with Gasteiger partial charge < -0.3 is 13.3 Å². The zero-order valence-electron chi connectivity index (χ0n) is 63.9. The molecular weight excluding hydrogens is 1460 g/mol. The second kappa shape index (κ2) is 30.9. The minimum Gasteiger partial charge on any atom is -0.456 e. The maximum atomic E-state index is 6.25. The Morgan fingerprint density at radius 3 is 0.908 bits per heavy atom. The maximum Gasteiger partial charge on any atom is 0.164 e. The first kappa shape index (κ1) is 70.5. The topological polar surface area (TPSA) is 155 Å². The van der Waals surface area contributed by atoms with E-state index in [0.29, 0.717) is 52.4 Å². The number of benzene rings is 17. The summed E-state index contributed by atoms with van der Waals surface area (Å²) in [5.74, 6) is 5.85. The van der Waals surface area contributed by atoms with Gasteiger partial charge in [0.1, 0.15) is 33.5 Å². The Hall–Kier alpha value is -16.3. The Morgan fingerprint density at radius 1 is 0.134 bits per heavy atom. The standard InChI is InChI=1S/2C37H23N3O.C33H21N3O/c1-3-11-24(12-4-1)35-38-36(25-13-5-2-6-14-25)40-37(39-35)31-21-20-27(28-15-7-8-16-29(28)31)26-19-22-34-32(23-26)30-17-9-10-18-33(30)41-34;1-2-9-26(10-3-1)35-38-36(40-37(39-35)30-19-16-24-8-4-5-11-28(24)22-30)27-17-14-25(15-18-27)29-20-21-34-32(23-29)31-12-6-7-13-33(31)41-34;1-3-10-23(11-4-1)31-34-32(24-12-5-2-6-13-24)36-33(35-31)25-20-18-22(19-21-25)26-15-9-16-28-27-14-7-8-17-29(27)37-30(26)28/h2*1-23H;1-21H. The van der Waals surface area contributed by atoms with E-state index in [1.54, 1.807) is 0 Å². The van der Waals surface area contributed by atoms with Crippen LogP contribution in [0, 0.1) is 0 Å². The van der Waals surface area contributed by atoms with E-state index in [-0.39, 0.29) is 0 Å². The van der Waals surface area contributed by atoms with Gasteiger partial charge >= 0.3 is 0 Å². The van der Waals surface area contributed by atoms with Crippen molar-refractivity contribution in [3.8, 4) is 136 Å². The number of fused-ring (bicyclic) bond motifs is 11. The Kier molecular flexibility index (Phi) is 18.3. The summed E-state index contributed by atoms with van der Waals surface area (Å²) in [6.07, 6.45) is 0. The maximum absolute atomic E-state index is 6.25. The molecule has 6 heterocycles. The number of para-hydroxylation sites is 4. The summed E-state index contributed by atoms with van der Waals surface area (Å²) >= 11 is 0. The molecule has 0 atom stereocenters. The minimum absolute atomic E-state index is 0.640. The fourth-order valence-electron chi connectivity index (χ4n) is 15.7. The highest BCUT2D eigenvalue weighted by molar-refractivity contribution is 6.11. The van der Waals surface area contributed by atoms with Crippen molar-refractivity contribution in [2.24, 2.45) is 0 Å². The number of rotatable bonds is 12. The molecule has 0 bridgehead atoms. The lowest BCUT2D eigenvalue weighted by Gasteiger charge is -2.13. The molecule has 0 radical (unpaired) electrons. The molecule has 558 valence electrons. The average molecular weight is 1530 g/mol. The Morgan fingerprint density at radius 2 is 0.437 bits per heavy atom. The van der Waals surface area contributed by atoms with Crippen LogP contribution in [0.4, 0.5) is 0 Å². The first-order valence-corrected chi connectivity index (χ1v) is 39.5. The van der Waals surface area contributed by atoms with Gasteiger partial charge in [0, 0.05) is 88.0 Å². The normalized spacial score (nSPS) is 11.4. The van der Waals surface area contributed by atoms with Crippen molar-refractivity contribution in [1.82, 2.24) is 44.9 Å². The number of nitrogens with zero attached hydrogens (tertiary/aromatic N) is 9. The summed E-state index contributed by atoms with van der Waals surface area (Å²) in [6.45, 7) is 0. The van der Waals surface area contributed by atoms with E-state index < -0.39 is 0 Å². The molecule has 12 nitrogen and oxygen atoms in total. The van der Waals surface area contributed by atoms with E-state index in [2.05, 4.69) is 200 Å². The molecule has 0 aliphatic carbocycles. The molecule has 23 aromatic rings. The minimum atomic E-state index is 0.640. The SMILES string of the molecule is c1ccc(-c2nc(-c3ccc(-c4ccc5oc6ccccc6c5c4)cc3)nc(-c3ccc4ccccc4c3)n2)cc1.c1ccc(-c2nc(-c3ccccc3)nc(-c3ccc(-c4ccc5oc6ccccc6c5c4)c4ccccc34)n2)cc1.c1ccc(-c2nc(-c3ccccc3)nc(-c3ccc(-c4cccc5c4oc4ccccc45)cc3)n2)cc1. The lowest BCUT2D eigenvalue weighted by atomic mass is 9.94. The van der Waals surface area contributed by atoms with E-state index in [1.165, 1.54) is 5.39 Å².